The van der Waals surface area contributed by atoms with Gasteiger partial charge < -0.3 is 21.9 Å². The van der Waals surface area contributed by atoms with Crippen LogP contribution in [0.15, 0.2) is 26.6 Å². The van der Waals surface area contributed by atoms with Crippen molar-refractivity contribution in [3.63, 3.8) is 0 Å². The Labute approximate surface area is 133 Å². The molecule has 0 radical (unpaired) electrons. The minimum Gasteiger partial charge on any atom is -0.406 e. The number of hydrogen-bond acceptors (Lipinski definition) is 2. The molecule has 0 aromatic heterocycles. The molecule has 0 saturated carbocycles. The lowest BCUT2D eigenvalue weighted by molar-refractivity contribution is -0.274. The zero-order valence-corrected chi connectivity index (χ0v) is 13.3. The molecule has 1 aromatic carbocycles. The maximum Gasteiger partial charge on any atom is 0.573 e. The van der Waals surface area contributed by atoms with Gasteiger partial charge in [-0.05, 0) is 50.7 Å². The van der Waals surface area contributed by atoms with Crippen molar-refractivity contribution in [2.24, 2.45) is 27.2 Å². The molecule has 0 bridgehead atoms. The molecule has 1 aromatic rings. The first-order valence-corrected chi connectivity index (χ1v) is 6.64. The molecule has 11 heteroatoms. The second-order valence-corrected chi connectivity index (χ2v) is 5.31. The highest BCUT2D eigenvalue weighted by Crippen LogP contribution is 2.36. The van der Waals surface area contributed by atoms with Gasteiger partial charge in [0.1, 0.15) is 5.75 Å². The molecule has 0 unspecified atom stereocenters. The predicted molar refractivity (Wildman–Crippen MR) is 80.6 cm³/mol. The standard InChI is InChI=1S/C9H8BrF3IN5O/c10-4-1-3(20-9(11,12)13)2-5(14)6(4)18-8(17)19-7(15)16/h1-2H,(H6,15,16,17,18,19). The Balaban J connectivity index is 3.16. The lowest BCUT2D eigenvalue weighted by Crippen LogP contribution is -2.26. The molecule has 0 aliphatic rings. The second kappa shape index (κ2) is 6.47. The van der Waals surface area contributed by atoms with Crippen molar-refractivity contribution in [3.8, 4) is 5.75 Å². The molecule has 0 saturated heterocycles. The first kappa shape index (κ1) is 16.8. The number of guanidine groups is 2. The summed E-state index contributed by atoms with van der Waals surface area (Å²) in [6.07, 6.45) is -4.77. The van der Waals surface area contributed by atoms with E-state index < -0.39 is 6.36 Å². The summed E-state index contributed by atoms with van der Waals surface area (Å²) in [5.41, 5.74) is 16.0. The van der Waals surface area contributed by atoms with Crippen LogP contribution in [-0.4, -0.2) is 18.3 Å². The van der Waals surface area contributed by atoms with Crippen LogP contribution in [0.2, 0.25) is 0 Å². The number of benzene rings is 1. The lowest BCUT2D eigenvalue weighted by Gasteiger charge is -2.11. The van der Waals surface area contributed by atoms with E-state index in [2.05, 4.69) is 30.7 Å². The van der Waals surface area contributed by atoms with Crippen molar-refractivity contribution >= 4 is 56.1 Å². The van der Waals surface area contributed by atoms with E-state index in [4.69, 9.17) is 17.2 Å². The monoisotopic (exact) mass is 465 g/mol. The first-order valence-electron chi connectivity index (χ1n) is 4.77. The van der Waals surface area contributed by atoms with Gasteiger partial charge in [0.2, 0.25) is 5.96 Å². The molecule has 110 valence electrons. The Kier molecular flexibility index (Phi) is 5.44. The number of ether oxygens (including phenoxy) is 1. The molecule has 6 nitrogen and oxygen atoms in total. The van der Waals surface area contributed by atoms with E-state index in [1.165, 1.54) is 0 Å². The third kappa shape index (κ3) is 5.40. The molecule has 6 N–H and O–H groups in total. The quantitative estimate of drug-likeness (QED) is 0.353. The van der Waals surface area contributed by atoms with Gasteiger partial charge in [0, 0.05) is 8.04 Å². The molecule has 20 heavy (non-hydrogen) atoms. The maximum absolute atomic E-state index is 12.1. The largest absolute Gasteiger partial charge is 0.573 e. The van der Waals surface area contributed by atoms with Gasteiger partial charge in [0.05, 0.1) is 5.69 Å². The summed E-state index contributed by atoms with van der Waals surface area (Å²) in [5, 5.41) is 0. The molecular formula is C9H8BrF3IN5O. The van der Waals surface area contributed by atoms with E-state index in [0.717, 1.165) is 12.1 Å². The summed E-state index contributed by atoms with van der Waals surface area (Å²) in [5.74, 6) is -0.893. The fourth-order valence-electron chi connectivity index (χ4n) is 1.11. The van der Waals surface area contributed by atoms with Crippen LogP contribution in [0, 0.1) is 3.57 Å². The number of hydrogen-bond donors (Lipinski definition) is 3. The average Bonchev–Trinajstić information content (AvgIpc) is 2.19. The summed E-state index contributed by atoms with van der Waals surface area (Å²) in [4.78, 5) is 7.39. The minimum atomic E-state index is -4.77. The number of rotatable bonds is 2. The van der Waals surface area contributed by atoms with Crippen molar-refractivity contribution in [2.45, 2.75) is 6.36 Å². The normalized spacial score (nSPS) is 12.2. The summed E-state index contributed by atoms with van der Waals surface area (Å²) in [6, 6.07) is 2.26. The molecule has 0 amide bonds. The Morgan fingerprint density at radius 3 is 2.30 bits per heavy atom. The van der Waals surface area contributed by atoms with Crippen molar-refractivity contribution in [2.75, 3.05) is 0 Å². The van der Waals surface area contributed by atoms with Gasteiger partial charge >= 0.3 is 6.36 Å². The topological polar surface area (TPSA) is 112 Å². The predicted octanol–water partition coefficient (Wildman–Crippen LogP) is 2.17. The summed E-state index contributed by atoms with van der Waals surface area (Å²) >= 11 is 4.85. The van der Waals surface area contributed by atoms with Crippen LogP contribution in [0.1, 0.15) is 0 Å². The van der Waals surface area contributed by atoms with Crippen molar-refractivity contribution in [1.82, 2.24) is 0 Å². The number of alkyl halides is 3. The van der Waals surface area contributed by atoms with Crippen LogP contribution in [0.5, 0.6) is 5.75 Å². The molecule has 0 aliphatic heterocycles. The van der Waals surface area contributed by atoms with Crippen molar-refractivity contribution in [3.05, 3.63) is 20.2 Å². The number of halogens is 5. The lowest BCUT2D eigenvalue weighted by atomic mass is 10.3. The van der Waals surface area contributed by atoms with Crippen LogP contribution in [-0.2, 0) is 0 Å². The number of nitrogens with two attached hydrogens (primary N) is 3. The van der Waals surface area contributed by atoms with E-state index in [1.54, 1.807) is 22.6 Å². The highest BCUT2D eigenvalue weighted by atomic mass is 127. The van der Waals surface area contributed by atoms with E-state index in [1.807, 2.05) is 0 Å². The molecular weight excluding hydrogens is 458 g/mol. The van der Waals surface area contributed by atoms with Crippen molar-refractivity contribution in [1.29, 1.82) is 0 Å². The third-order valence-electron chi connectivity index (χ3n) is 1.69. The molecule has 0 spiro atoms. The van der Waals surface area contributed by atoms with Crippen LogP contribution in [0.3, 0.4) is 0 Å². The summed E-state index contributed by atoms with van der Waals surface area (Å²) in [6.45, 7) is 0. The van der Waals surface area contributed by atoms with E-state index in [-0.39, 0.29) is 27.8 Å². The average molecular weight is 466 g/mol. The van der Waals surface area contributed by atoms with Crippen LogP contribution in [0.4, 0.5) is 18.9 Å². The zero-order valence-electron chi connectivity index (χ0n) is 9.58. The van der Waals surface area contributed by atoms with Gasteiger partial charge in [-0.25, -0.2) is 4.99 Å². The Morgan fingerprint density at radius 1 is 1.25 bits per heavy atom. The highest BCUT2D eigenvalue weighted by molar-refractivity contribution is 14.1. The van der Waals surface area contributed by atoms with Crippen molar-refractivity contribution < 1.29 is 17.9 Å². The molecule has 1 rings (SSSR count). The van der Waals surface area contributed by atoms with Gasteiger partial charge in [-0.2, -0.15) is 4.99 Å². The van der Waals surface area contributed by atoms with Gasteiger partial charge in [0.15, 0.2) is 5.96 Å². The SMILES string of the molecule is NC(N)=NC(N)=Nc1c(Br)cc(OC(F)(F)F)cc1I. The molecule has 0 fully saturated rings. The van der Waals surface area contributed by atoms with E-state index in [0.29, 0.717) is 3.57 Å². The minimum absolute atomic E-state index is 0.229. The van der Waals surface area contributed by atoms with Crippen LogP contribution < -0.4 is 21.9 Å². The van der Waals surface area contributed by atoms with E-state index in [9.17, 15) is 13.2 Å². The molecule has 0 aliphatic carbocycles. The van der Waals surface area contributed by atoms with Gasteiger partial charge in [-0.3, -0.25) is 0 Å². The van der Waals surface area contributed by atoms with E-state index >= 15 is 0 Å². The number of nitrogens with zero attached hydrogens (tertiary/aromatic N) is 2. The number of aliphatic imine (C=N–C) groups is 2. The molecule has 0 heterocycles. The Morgan fingerprint density at radius 2 is 1.85 bits per heavy atom. The van der Waals surface area contributed by atoms with Gasteiger partial charge in [-0.1, -0.05) is 0 Å². The van der Waals surface area contributed by atoms with Gasteiger partial charge in [-0.15, -0.1) is 13.2 Å². The third-order valence-corrected chi connectivity index (χ3v) is 3.12. The fraction of sp³-hybridized carbons (Fsp3) is 0.111. The molecule has 0 atom stereocenters. The maximum atomic E-state index is 12.1. The smallest absolute Gasteiger partial charge is 0.406 e. The summed E-state index contributed by atoms with van der Waals surface area (Å²) in [7, 11) is 0. The van der Waals surface area contributed by atoms with Crippen LogP contribution in [0.25, 0.3) is 0 Å². The highest BCUT2D eigenvalue weighted by Gasteiger charge is 2.31. The summed E-state index contributed by atoms with van der Waals surface area (Å²) < 4.78 is 40.8. The first-order chi connectivity index (χ1) is 9.08. The van der Waals surface area contributed by atoms with Crippen LogP contribution >= 0.6 is 38.5 Å². The second-order valence-electron chi connectivity index (χ2n) is 3.29. The van der Waals surface area contributed by atoms with Gasteiger partial charge in [0.25, 0.3) is 0 Å². The fourth-order valence-corrected chi connectivity index (χ4v) is 2.73. The Hall–Kier alpha value is -1.24. The zero-order chi connectivity index (χ0) is 15.5. The Bertz CT molecular complexity index is 548.